The standard InChI is InChI=1S/C20H21BrClN3O3/c1-13(26)24-8-10-25(11-9-24)19-16(22)4-3-5-17(19)23-20(27)15-12-14(21)6-7-18(15)28-2/h3-7,12H,8-11H2,1-2H3,(H,23,27). The summed E-state index contributed by atoms with van der Waals surface area (Å²) in [6.07, 6.45) is 0. The van der Waals surface area contributed by atoms with Crippen LogP contribution in [-0.2, 0) is 4.79 Å². The second-order valence-electron chi connectivity index (χ2n) is 6.43. The van der Waals surface area contributed by atoms with Gasteiger partial charge in [0.05, 0.1) is 29.1 Å². The van der Waals surface area contributed by atoms with Crippen LogP contribution in [0.15, 0.2) is 40.9 Å². The molecule has 1 N–H and O–H groups in total. The summed E-state index contributed by atoms with van der Waals surface area (Å²) in [4.78, 5) is 28.4. The topological polar surface area (TPSA) is 61.9 Å². The largest absolute Gasteiger partial charge is 0.496 e. The van der Waals surface area contributed by atoms with Gasteiger partial charge >= 0.3 is 0 Å². The molecule has 1 aliphatic rings. The summed E-state index contributed by atoms with van der Waals surface area (Å²) >= 11 is 9.86. The molecule has 8 heteroatoms. The number of amides is 2. The molecule has 0 bridgehead atoms. The maximum Gasteiger partial charge on any atom is 0.259 e. The van der Waals surface area contributed by atoms with Gasteiger partial charge in [-0.15, -0.1) is 0 Å². The molecule has 0 aromatic heterocycles. The van der Waals surface area contributed by atoms with Gasteiger partial charge in [-0.05, 0) is 30.3 Å². The van der Waals surface area contributed by atoms with E-state index >= 15 is 0 Å². The third-order valence-electron chi connectivity index (χ3n) is 4.68. The number of methoxy groups -OCH3 is 1. The number of carbonyl (C=O) groups is 2. The third kappa shape index (κ3) is 4.42. The number of rotatable bonds is 4. The molecule has 1 saturated heterocycles. The average Bonchev–Trinajstić information content (AvgIpc) is 2.68. The highest BCUT2D eigenvalue weighted by molar-refractivity contribution is 9.10. The van der Waals surface area contributed by atoms with Crippen molar-refractivity contribution in [1.29, 1.82) is 0 Å². The van der Waals surface area contributed by atoms with Gasteiger partial charge in [0.1, 0.15) is 5.75 Å². The van der Waals surface area contributed by atoms with Gasteiger partial charge in [-0.2, -0.15) is 0 Å². The molecular formula is C20H21BrClN3O3. The monoisotopic (exact) mass is 465 g/mol. The van der Waals surface area contributed by atoms with Crippen LogP contribution in [0.25, 0.3) is 0 Å². The molecular weight excluding hydrogens is 446 g/mol. The summed E-state index contributed by atoms with van der Waals surface area (Å²) in [6, 6.07) is 10.7. The number of carbonyl (C=O) groups excluding carboxylic acids is 2. The molecule has 2 aromatic rings. The molecule has 0 spiro atoms. The number of benzene rings is 2. The molecule has 0 unspecified atom stereocenters. The summed E-state index contributed by atoms with van der Waals surface area (Å²) in [5.41, 5.74) is 1.80. The number of nitrogens with one attached hydrogen (secondary N) is 1. The van der Waals surface area contributed by atoms with E-state index in [1.807, 2.05) is 12.1 Å². The third-order valence-corrected chi connectivity index (χ3v) is 5.48. The first kappa shape index (κ1) is 20.5. The lowest BCUT2D eigenvalue weighted by molar-refractivity contribution is -0.129. The lowest BCUT2D eigenvalue weighted by atomic mass is 10.1. The van der Waals surface area contributed by atoms with Gasteiger partial charge in [-0.25, -0.2) is 0 Å². The minimum absolute atomic E-state index is 0.0640. The second-order valence-corrected chi connectivity index (χ2v) is 7.75. The van der Waals surface area contributed by atoms with E-state index in [1.54, 1.807) is 36.1 Å². The maximum absolute atomic E-state index is 12.9. The molecule has 1 aliphatic heterocycles. The average molecular weight is 467 g/mol. The van der Waals surface area contributed by atoms with Crippen LogP contribution in [0.2, 0.25) is 5.02 Å². The zero-order chi connectivity index (χ0) is 20.3. The Labute approximate surface area is 177 Å². The Morgan fingerprint density at radius 3 is 2.50 bits per heavy atom. The fourth-order valence-corrected chi connectivity index (χ4v) is 3.88. The van der Waals surface area contributed by atoms with Crippen LogP contribution >= 0.6 is 27.5 Å². The van der Waals surface area contributed by atoms with Crippen LogP contribution in [-0.4, -0.2) is 50.0 Å². The van der Waals surface area contributed by atoms with Gasteiger partial charge in [0.2, 0.25) is 5.91 Å². The van der Waals surface area contributed by atoms with E-state index in [-0.39, 0.29) is 11.8 Å². The predicted molar refractivity (Wildman–Crippen MR) is 115 cm³/mol. The highest BCUT2D eigenvalue weighted by Crippen LogP contribution is 2.35. The van der Waals surface area contributed by atoms with Crippen molar-refractivity contribution in [2.45, 2.75) is 6.92 Å². The second kappa shape index (κ2) is 8.84. The summed E-state index contributed by atoms with van der Waals surface area (Å²) in [7, 11) is 1.53. The first-order valence-corrected chi connectivity index (χ1v) is 10.0. The Morgan fingerprint density at radius 1 is 1.14 bits per heavy atom. The van der Waals surface area contributed by atoms with Crippen molar-refractivity contribution in [2.24, 2.45) is 0 Å². The van der Waals surface area contributed by atoms with E-state index < -0.39 is 0 Å². The number of para-hydroxylation sites is 1. The molecule has 0 radical (unpaired) electrons. The van der Waals surface area contributed by atoms with Gasteiger partial charge in [0.25, 0.3) is 5.91 Å². The molecule has 6 nitrogen and oxygen atoms in total. The summed E-state index contributed by atoms with van der Waals surface area (Å²) < 4.78 is 6.09. The van der Waals surface area contributed by atoms with E-state index in [0.29, 0.717) is 48.2 Å². The molecule has 2 aromatic carbocycles. The Balaban J connectivity index is 1.86. The highest BCUT2D eigenvalue weighted by atomic mass is 79.9. The van der Waals surface area contributed by atoms with Crippen LogP contribution < -0.4 is 15.0 Å². The molecule has 1 fully saturated rings. The SMILES string of the molecule is COc1ccc(Br)cc1C(=O)Nc1cccc(Cl)c1N1CCN(C(C)=O)CC1. The van der Waals surface area contributed by atoms with Crippen molar-refractivity contribution in [2.75, 3.05) is 43.5 Å². The molecule has 28 heavy (non-hydrogen) atoms. The molecule has 0 aliphatic carbocycles. The van der Waals surface area contributed by atoms with Crippen LogP contribution in [0.3, 0.4) is 0 Å². The molecule has 148 valence electrons. The number of hydrogen-bond acceptors (Lipinski definition) is 4. The molecule has 2 amide bonds. The number of anilines is 2. The number of ether oxygens (including phenoxy) is 1. The van der Waals surface area contributed by atoms with E-state index in [9.17, 15) is 9.59 Å². The number of nitrogens with zero attached hydrogens (tertiary/aromatic N) is 2. The highest BCUT2D eigenvalue weighted by Gasteiger charge is 2.24. The minimum Gasteiger partial charge on any atom is -0.496 e. The van der Waals surface area contributed by atoms with Gasteiger partial charge in [0, 0.05) is 37.6 Å². The molecule has 3 rings (SSSR count). The molecule has 0 saturated carbocycles. The summed E-state index contributed by atoms with van der Waals surface area (Å²) in [5, 5.41) is 3.51. The summed E-state index contributed by atoms with van der Waals surface area (Å²) in [5.74, 6) is 0.262. The maximum atomic E-state index is 12.9. The van der Waals surface area contributed by atoms with Gasteiger partial charge < -0.3 is 19.9 Å². The fourth-order valence-electron chi connectivity index (χ4n) is 3.23. The van der Waals surface area contributed by atoms with E-state index in [1.165, 1.54) is 7.11 Å². The Hall–Kier alpha value is -2.25. The van der Waals surface area contributed by atoms with Crippen LogP contribution in [0.1, 0.15) is 17.3 Å². The zero-order valence-corrected chi connectivity index (χ0v) is 18.0. The minimum atomic E-state index is -0.288. The summed E-state index contributed by atoms with van der Waals surface area (Å²) in [6.45, 7) is 4.10. The van der Waals surface area contributed by atoms with Crippen LogP contribution in [0.4, 0.5) is 11.4 Å². The Kier molecular flexibility index (Phi) is 6.46. The van der Waals surface area contributed by atoms with Gasteiger partial charge in [-0.1, -0.05) is 33.6 Å². The fraction of sp³-hybridized carbons (Fsp3) is 0.300. The number of hydrogen-bond donors (Lipinski definition) is 1. The quantitative estimate of drug-likeness (QED) is 0.739. The van der Waals surface area contributed by atoms with Crippen molar-refractivity contribution < 1.29 is 14.3 Å². The van der Waals surface area contributed by atoms with Crippen molar-refractivity contribution >= 4 is 50.7 Å². The predicted octanol–water partition coefficient (Wildman–Crippen LogP) is 4.03. The molecule has 0 atom stereocenters. The van der Waals surface area contributed by atoms with Crippen molar-refractivity contribution in [3.8, 4) is 5.75 Å². The van der Waals surface area contributed by atoms with E-state index in [0.717, 1.165) is 10.2 Å². The van der Waals surface area contributed by atoms with Crippen LogP contribution in [0.5, 0.6) is 5.75 Å². The van der Waals surface area contributed by atoms with Crippen molar-refractivity contribution in [1.82, 2.24) is 4.90 Å². The van der Waals surface area contributed by atoms with Gasteiger partial charge in [0.15, 0.2) is 0 Å². The van der Waals surface area contributed by atoms with Gasteiger partial charge in [-0.3, -0.25) is 9.59 Å². The first-order chi connectivity index (χ1) is 13.4. The Morgan fingerprint density at radius 2 is 1.86 bits per heavy atom. The lowest BCUT2D eigenvalue weighted by Crippen LogP contribution is -2.48. The van der Waals surface area contributed by atoms with E-state index in [4.69, 9.17) is 16.3 Å². The first-order valence-electron chi connectivity index (χ1n) is 8.84. The van der Waals surface area contributed by atoms with Crippen molar-refractivity contribution in [3.63, 3.8) is 0 Å². The molecule has 1 heterocycles. The van der Waals surface area contributed by atoms with Crippen LogP contribution in [0, 0.1) is 0 Å². The number of piperazine rings is 1. The zero-order valence-electron chi connectivity index (χ0n) is 15.7. The number of halogens is 2. The van der Waals surface area contributed by atoms with E-state index in [2.05, 4.69) is 26.1 Å². The normalized spacial score (nSPS) is 14.0. The smallest absolute Gasteiger partial charge is 0.259 e. The van der Waals surface area contributed by atoms with Crippen molar-refractivity contribution in [3.05, 3.63) is 51.5 Å². The Bertz CT molecular complexity index is 898. The lowest BCUT2D eigenvalue weighted by Gasteiger charge is -2.37.